The first-order valence-corrected chi connectivity index (χ1v) is 6.33. The maximum atomic E-state index is 13.3. The first kappa shape index (κ1) is 13.1. The lowest BCUT2D eigenvalue weighted by Gasteiger charge is -2.07. The summed E-state index contributed by atoms with van der Waals surface area (Å²) in [5, 5.41) is 13.5. The van der Waals surface area contributed by atoms with Gasteiger partial charge in [0.25, 0.3) is 5.69 Å². The minimum absolute atomic E-state index is 0.187. The van der Waals surface area contributed by atoms with Crippen LogP contribution in [0.3, 0.4) is 0 Å². The molecule has 1 aliphatic carbocycles. The molecule has 1 aromatic carbocycles. The Labute approximate surface area is 109 Å². The van der Waals surface area contributed by atoms with Crippen LogP contribution in [0.2, 0.25) is 5.02 Å². The zero-order valence-corrected chi connectivity index (χ0v) is 10.5. The Bertz CT molecular complexity index is 464. The van der Waals surface area contributed by atoms with Crippen molar-refractivity contribution in [3.05, 3.63) is 33.1 Å². The minimum Gasteiger partial charge on any atom is -0.379 e. The number of benzene rings is 1. The van der Waals surface area contributed by atoms with Gasteiger partial charge in [0, 0.05) is 18.7 Å². The normalized spacial score (nSPS) is 14.6. The molecule has 1 fully saturated rings. The fourth-order valence-electron chi connectivity index (χ4n) is 1.85. The second-order valence-corrected chi connectivity index (χ2v) is 4.96. The fraction of sp³-hybridized carbons (Fsp3) is 0.500. The predicted molar refractivity (Wildman–Crippen MR) is 68.5 cm³/mol. The van der Waals surface area contributed by atoms with Crippen LogP contribution < -0.4 is 5.32 Å². The van der Waals surface area contributed by atoms with E-state index in [9.17, 15) is 14.5 Å². The van der Waals surface area contributed by atoms with Gasteiger partial charge in [-0.1, -0.05) is 24.4 Å². The van der Waals surface area contributed by atoms with E-state index in [1.54, 1.807) is 0 Å². The van der Waals surface area contributed by atoms with Crippen molar-refractivity contribution in [1.29, 1.82) is 0 Å². The van der Waals surface area contributed by atoms with E-state index in [4.69, 9.17) is 11.6 Å². The second kappa shape index (κ2) is 5.52. The number of anilines is 1. The first-order valence-electron chi connectivity index (χ1n) is 5.95. The van der Waals surface area contributed by atoms with Crippen LogP contribution in [0, 0.1) is 21.8 Å². The van der Waals surface area contributed by atoms with Crippen LogP contribution in [-0.2, 0) is 0 Å². The zero-order valence-electron chi connectivity index (χ0n) is 9.79. The Balaban J connectivity index is 1.99. The topological polar surface area (TPSA) is 55.2 Å². The van der Waals surface area contributed by atoms with Crippen molar-refractivity contribution < 1.29 is 9.31 Å². The summed E-state index contributed by atoms with van der Waals surface area (Å²) >= 11 is 5.53. The van der Waals surface area contributed by atoms with Gasteiger partial charge >= 0.3 is 0 Å². The maximum absolute atomic E-state index is 13.3. The molecule has 2 rings (SSSR count). The van der Waals surface area contributed by atoms with Crippen molar-refractivity contribution in [3.63, 3.8) is 0 Å². The third-order valence-corrected chi connectivity index (χ3v) is 3.33. The number of rotatable bonds is 6. The highest BCUT2D eigenvalue weighted by molar-refractivity contribution is 6.31. The number of nitro benzene ring substituents is 1. The number of nitrogens with zero attached hydrogens (tertiary/aromatic N) is 1. The molecule has 0 atom stereocenters. The van der Waals surface area contributed by atoms with Crippen molar-refractivity contribution in [1.82, 2.24) is 0 Å². The van der Waals surface area contributed by atoms with Gasteiger partial charge in [-0.2, -0.15) is 0 Å². The summed E-state index contributed by atoms with van der Waals surface area (Å²) in [5.41, 5.74) is 0.00511. The SMILES string of the molecule is O=[N+]([O-])c1cc(Cl)c(F)cc1NCCCC1CC1. The Morgan fingerprint density at radius 3 is 2.83 bits per heavy atom. The van der Waals surface area contributed by atoms with Crippen LogP contribution in [-0.4, -0.2) is 11.5 Å². The molecule has 0 saturated heterocycles. The summed E-state index contributed by atoms with van der Waals surface area (Å²) in [6, 6.07) is 2.12. The van der Waals surface area contributed by atoms with Gasteiger partial charge in [0.15, 0.2) is 0 Å². The van der Waals surface area contributed by atoms with Crippen molar-refractivity contribution in [2.75, 3.05) is 11.9 Å². The standard InChI is InChI=1S/C12H14ClFN2O2/c13-9-6-12(16(17)18)11(7-10(9)14)15-5-1-2-8-3-4-8/h6-8,15H,1-5H2. The summed E-state index contributed by atoms with van der Waals surface area (Å²) in [6.45, 7) is 0.610. The fourth-order valence-corrected chi connectivity index (χ4v) is 2.01. The molecule has 6 heteroatoms. The molecular weight excluding hydrogens is 259 g/mol. The molecule has 1 saturated carbocycles. The van der Waals surface area contributed by atoms with E-state index in [1.165, 1.54) is 12.8 Å². The van der Waals surface area contributed by atoms with Crippen LogP contribution >= 0.6 is 11.6 Å². The molecule has 0 aliphatic heterocycles. The van der Waals surface area contributed by atoms with Gasteiger partial charge in [-0.25, -0.2) is 4.39 Å². The van der Waals surface area contributed by atoms with E-state index in [0.717, 1.165) is 30.9 Å². The van der Waals surface area contributed by atoms with Crippen molar-refractivity contribution >= 4 is 23.0 Å². The number of hydrogen-bond donors (Lipinski definition) is 1. The zero-order chi connectivity index (χ0) is 13.1. The summed E-state index contributed by atoms with van der Waals surface area (Å²) < 4.78 is 13.3. The van der Waals surface area contributed by atoms with Crippen LogP contribution in [0.1, 0.15) is 25.7 Å². The quantitative estimate of drug-likeness (QED) is 0.484. The summed E-state index contributed by atoms with van der Waals surface area (Å²) in [6.07, 6.45) is 4.63. The summed E-state index contributed by atoms with van der Waals surface area (Å²) in [4.78, 5) is 10.3. The van der Waals surface area contributed by atoms with Crippen LogP contribution in [0.15, 0.2) is 12.1 Å². The predicted octanol–water partition coefficient (Wildman–Crippen LogP) is 3.99. The van der Waals surface area contributed by atoms with E-state index in [-0.39, 0.29) is 16.4 Å². The van der Waals surface area contributed by atoms with Crippen LogP contribution in [0.25, 0.3) is 0 Å². The molecule has 18 heavy (non-hydrogen) atoms. The number of hydrogen-bond acceptors (Lipinski definition) is 3. The lowest BCUT2D eigenvalue weighted by atomic mass is 10.2. The molecule has 0 spiro atoms. The summed E-state index contributed by atoms with van der Waals surface area (Å²) in [5.74, 6) is 0.177. The van der Waals surface area contributed by atoms with Gasteiger partial charge in [-0.05, 0) is 18.8 Å². The monoisotopic (exact) mass is 272 g/mol. The van der Waals surface area contributed by atoms with Crippen molar-refractivity contribution in [3.8, 4) is 0 Å². The van der Waals surface area contributed by atoms with Crippen molar-refractivity contribution in [2.24, 2.45) is 5.92 Å². The largest absolute Gasteiger partial charge is 0.379 e. The third-order valence-electron chi connectivity index (χ3n) is 3.04. The van der Waals surface area contributed by atoms with E-state index < -0.39 is 10.7 Å². The Morgan fingerprint density at radius 1 is 1.50 bits per heavy atom. The van der Waals surface area contributed by atoms with Crippen LogP contribution in [0.4, 0.5) is 15.8 Å². The van der Waals surface area contributed by atoms with Crippen molar-refractivity contribution in [2.45, 2.75) is 25.7 Å². The average molecular weight is 273 g/mol. The Hall–Kier alpha value is -1.36. The molecule has 0 amide bonds. The van der Waals surface area contributed by atoms with E-state index in [0.29, 0.717) is 6.54 Å². The molecule has 1 aromatic rings. The van der Waals surface area contributed by atoms with Crippen LogP contribution in [0.5, 0.6) is 0 Å². The molecular formula is C12H14ClFN2O2. The van der Waals surface area contributed by atoms with Gasteiger partial charge in [0.2, 0.25) is 0 Å². The molecule has 1 aliphatic rings. The smallest absolute Gasteiger partial charge is 0.294 e. The lowest BCUT2D eigenvalue weighted by molar-refractivity contribution is -0.384. The summed E-state index contributed by atoms with van der Waals surface area (Å²) in [7, 11) is 0. The van der Waals surface area contributed by atoms with Gasteiger partial charge < -0.3 is 5.32 Å². The number of halogens is 2. The highest BCUT2D eigenvalue weighted by atomic mass is 35.5. The molecule has 0 bridgehead atoms. The molecule has 98 valence electrons. The van der Waals surface area contributed by atoms with E-state index in [2.05, 4.69) is 5.32 Å². The average Bonchev–Trinajstić information content (AvgIpc) is 3.12. The molecule has 0 aromatic heterocycles. The minimum atomic E-state index is -0.646. The highest BCUT2D eigenvalue weighted by Gasteiger charge is 2.21. The third kappa shape index (κ3) is 3.32. The highest BCUT2D eigenvalue weighted by Crippen LogP contribution is 2.34. The molecule has 0 heterocycles. The van der Waals surface area contributed by atoms with Gasteiger partial charge in [-0.3, -0.25) is 10.1 Å². The van der Waals surface area contributed by atoms with Gasteiger partial charge in [-0.15, -0.1) is 0 Å². The maximum Gasteiger partial charge on any atom is 0.294 e. The molecule has 1 N–H and O–H groups in total. The number of nitro groups is 1. The van der Waals surface area contributed by atoms with E-state index >= 15 is 0 Å². The molecule has 0 unspecified atom stereocenters. The Kier molecular flexibility index (Phi) is 4.01. The van der Waals surface area contributed by atoms with Gasteiger partial charge in [0.05, 0.1) is 9.95 Å². The number of nitrogens with one attached hydrogen (secondary N) is 1. The Morgan fingerprint density at radius 2 is 2.22 bits per heavy atom. The molecule has 4 nitrogen and oxygen atoms in total. The lowest BCUT2D eigenvalue weighted by Crippen LogP contribution is -2.05. The second-order valence-electron chi connectivity index (χ2n) is 4.55. The first-order chi connectivity index (χ1) is 8.58. The van der Waals surface area contributed by atoms with E-state index in [1.807, 2.05) is 0 Å². The van der Waals surface area contributed by atoms with Gasteiger partial charge in [0.1, 0.15) is 11.5 Å². The molecule has 0 radical (unpaired) electrons.